The molecular weight excluding hydrogens is 375 g/mol. The fourth-order valence-corrected chi connectivity index (χ4v) is 3.38. The number of amides is 1. The van der Waals surface area contributed by atoms with Crippen LogP contribution in [-0.4, -0.2) is 26.4 Å². The van der Waals surface area contributed by atoms with E-state index >= 15 is 0 Å². The Morgan fingerprint density at radius 2 is 2.04 bits per heavy atom. The van der Waals surface area contributed by atoms with Crippen LogP contribution in [0.5, 0.6) is 0 Å². The van der Waals surface area contributed by atoms with Crippen LogP contribution in [0.25, 0.3) is 5.69 Å². The van der Waals surface area contributed by atoms with Crippen LogP contribution in [0.3, 0.4) is 0 Å². The SMILES string of the molecule is Cc1cccc(-n2c(C)nnc2SCC(=O)Nc2cc(Cl)ccc2F)c1. The summed E-state index contributed by atoms with van der Waals surface area (Å²) in [5.74, 6) is -0.103. The number of rotatable bonds is 5. The number of aryl methyl sites for hydroxylation is 2. The highest BCUT2D eigenvalue weighted by Gasteiger charge is 2.14. The molecule has 0 atom stereocenters. The molecule has 26 heavy (non-hydrogen) atoms. The topological polar surface area (TPSA) is 59.8 Å². The molecule has 3 rings (SSSR count). The van der Waals surface area contributed by atoms with Gasteiger partial charge >= 0.3 is 0 Å². The molecule has 3 aromatic rings. The minimum Gasteiger partial charge on any atom is -0.323 e. The van der Waals surface area contributed by atoms with Crippen LogP contribution in [0.2, 0.25) is 5.02 Å². The first kappa shape index (κ1) is 18.4. The van der Waals surface area contributed by atoms with E-state index in [1.807, 2.05) is 42.7 Å². The maximum Gasteiger partial charge on any atom is 0.234 e. The van der Waals surface area contributed by atoms with Gasteiger partial charge in [0, 0.05) is 10.7 Å². The van der Waals surface area contributed by atoms with Crippen molar-refractivity contribution in [2.45, 2.75) is 19.0 Å². The van der Waals surface area contributed by atoms with Gasteiger partial charge in [-0.05, 0) is 49.7 Å². The van der Waals surface area contributed by atoms with Gasteiger partial charge in [0.25, 0.3) is 0 Å². The lowest BCUT2D eigenvalue weighted by molar-refractivity contribution is -0.113. The Morgan fingerprint density at radius 1 is 1.23 bits per heavy atom. The number of carbonyl (C=O) groups is 1. The molecule has 134 valence electrons. The van der Waals surface area contributed by atoms with Gasteiger partial charge < -0.3 is 5.32 Å². The highest BCUT2D eigenvalue weighted by Crippen LogP contribution is 2.24. The Bertz CT molecular complexity index is 960. The summed E-state index contributed by atoms with van der Waals surface area (Å²) >= 11 is 7.06. The molecule has 0 bridgehead atoms. The Hall–Kier alpha value is -2.38. The number of aromatic nitrogens is 3. The van der Waals surface area contributed by atoms with Crippen molar-refractivity contribution in [2.24, 2.45) is 0 Å². The van der Waals surface area contributed by atoms with Gasteiger partial charge in [-0.2, -0.15) is 0 Å². The van der Waals surface area contributed by atoms with Crippen LogP contribution >= 0.6 is 23.4 Å². The van der Waals surface area contributed by atoms with Crippen molar-refractivity contribution < 1.29 is 9.18 Å². The molecule has 0 aliphatic heterocycles. The highest BCUT2D eigenvalue weighted by atomic mass is 35.5. The molecule has 0 fully saturated rings. The molecule has 0 radical (unpaired) electrons. The van der Waals surface area contributed by atoms with Gasteiger partial charge in [0.05, 0.1) is 11.4 Å². The maximum absolute atomic E-state index is 13.7. The Balaban J connectivity index is 1.72. The van der Waals surface area contributed by atoms with Crippen molar-refractivity contribution in [1.29, 1.82) is 0 Å². The first-order valence-corrected chi connectivity index (χ1v) is 9.17. The van der Waals surface area contributed by atoms with Crippen molar-refractivity contribution in [3.63, 3.8) is 0 Å². The van der Waals surface area contributed by atoms with E-state index in [1.165, 1.54) is 30.0 Å². The zero-order chi connectivity index (χ0) is 18.7. The summed E-state index contributed by atoms with van der Waals surface area (Å²) in [6.45, 7) is 3.85. The number of carbonyl (C=O) groups excluding carboxylic acids is 1. The number of hydrogen-bond acceptors (Lipinski definition) is 4. The first-order valence-electron chi connectivity index (χ1n) is 7.81. The van der Waals surface area contributed by atoms with Gasteiger partial charge in [-0.1, -0.05) is 35.5 Å². The Morgan fingerprint density at radius 3 is 2.81 bits per heavy atom. The smallest absolute Gasteiger partial charge is 0.234 e. The average molecular weight is 391 g/mol. The van der Waals surface area contributed by atoms with E-state index in [1.54, 1.807) is 0 Å². The second-order valence-corrected chi connectivity index (χ2v) is 7.04. The Kier molecular flexibility index (Phi) is 5.58. The van der Waals surface area contributed by atoms with E-state index in [-0.39, 0.29) is 17.3 Å². The van der Waals surface area contributed by atoms with Crippen molar-refractivity contribution in [3.05, 3.63) is 64.7 Å². The third-order valence-corrected chi connectivity index (χ3v) is 4.75. The van der Waals surface area contributed by atoms with E-state index in [2.05, 4.69) is 15.5 Å². The number of nitrogens with one attached hydrogen (secondary N) is 1. The Labute approximate surface area is 159 Å². The average Bonchev–Trinajstić information content (AvgIpc) is 2.97. The van der Waals surface area contributed by atoms with E-state index in [9.17, 15) is 9.18 Å². The molecule has 0 spiro atoms. The fraction of sp³-hybridized carbons (Fsp3) is 0.167. The third-order valence-electron chi connectivity index (χ3n) is 3.59. The number of nitrogens with zero attached hydrogens (tertiary/aromatic N) is 3. The number of halogens is 2. The molecule has 8 heteroatoms. The predicted molar refractivity (Wildman–Crippen MR) is 102 cm³/mol. The zero-order valence-electron chi connectivity index (χ0n) is 14.2. The lowest BCUT2D eigenvalue weighted by Gasteiger charge is -2.10. The van der Waals surface area contributed by atoms with Gasteiger partial charge in [0.15, 0.2) is 5.16 Å². The first-order chi connectivity index (χ1) is 12.4. The van der Waals surface area contributed by atoms with Crippen molar-refractivity contribution >= 4 is 35.0 Å². The molecule has 1 aromatic heterocycles. The quantitative estimate of drug-likeness (QED) is 0.655. The number of benzene rings is 2. The summed E-state index contributed by atoms with van der Waals surface area (Å²) in [5, 5.41) is 11.7. The fourth-order valence-electron chi connectivity index (χ4n) is 2.41. The van der Waals surface area contributed by atoms with E-state index in [0.717, 1.165) is 17.1 Å². The standard InChI is InChI=1S/C18H16ClFN4OS/c1-11-4-3-5-14(8-11)24-12(2)22-23-18(24)26-10-17(25)21-16-9-13(19)6-7-15(16)20/h3-9H,10H2,1-2H3,(H,21,25). The largest absolute Gasteiger partial charge is 0.323 e. The van der Waals surface area contributed by atoms with Crippen molar-refractivity contribution in [2.75, 3.05) is 11.1 Å². The van der Waals surface area contributed by atoms with Crippen LogP contribution in [0, 0.1) is 19.7 Å². The molecule has 5 nitrogen and oxygen atoms in total. The number of anilines is 1. The zero-order valence-corrected chi connectivity index (χ0v) is 15.7. The van der Waals surface area contributed by atoms with E-state index < -0.39 is 5.82 Å². The predicted octanol–water partition coefficient (Wildman–Crippen LogP) is 4.41. The van der Waals surface area contributed by atoms with Crippen LogP contribution in [-0.2, 0) is 4.79 Å². The minimum atomic E-state index is -0.536. The molecule has 0 aliphatic carbocycles. The lowest BCUT2D eigenvalue weighted by Crippen LogP contribution is -2.15. The van der Waals surface area contributed by atoms with Gasteiger partial charge in [-0.25, -0.2) is 4.39 Å². The van der Waals surface area contributed by atoms with Crippen LogP contribution in [0.15, 0.2) is 47.6 Å². The highest BCUT2D eigenvalue weighted by molar-refractivity contribution is 7.99. The summed E-state index contributed by atoms with van der Waals surface area (Å²) in [7, 11) is 0. The molecule has 0 saturated heterocycles. The van der Waals surface area contributed by atoms with Gasteiger partial charge in [0.1, 0.15) is 11.6 Å². The molecule has 2 aromatic carbocycles. The number of hydrogen-bond donors (Lipinski definition) is 1. The van der Waals surface area contributed by atoms with Gasteiger partial charge in [-0.3, -0.25) is 9.36 Å². The minimum absolute atomic E-state index is 0.0550. The molecule has 0 aliphatic rings. The maximum atomic E-state index is 13.7. The van der Waals surface area contributed by atoms with Gasteiger partial charge in [-0.15, -0.1) is 10.2 Å². The summed E-state index contributed by atoms with van der Waals surface area (Å²) in [4.78, 5) is 12.2. The summed E-state index contributed by atoms with van der Waals surface area (Å²) in [6.07, 6.45) is 0. The molecule has 1 N–H and O–H groups in total. The van der Waals surface area contributed by atoms with Crippen LogP contribution < -0.4 is 5.32 Å². The monoisotopic (exact) mass is 390 g/mol. The number of thioether (sulfide) groups is 1. The van der Waals surface area contributed by atoms with Crippen LogP contribution in [0.1, 0.15) is 11.4 Å². The second-order valence-electron chi connectivity index (χ2n) is 5.67. The molecule has 1 heterocycles. The summed E-state index contributed by atoms with van der Waals surface area (Å²) < 4.78 is 15.6. The van der Waals surface area contributed by atoms with E-state index in [4.69, 9.17) is 11.6 Å². The molecule has 1 amide bonds. The molecule has 0 saturated carbocycles. The van der Waals surface area contributed by atoms with Crippen LogP contribution in [0.4, 0.5) is 10.1 Å². The summed E-state index contributed by atoms with van der Waals surface area (Å²) in [6, 6.07) is 11.9. The molecule has 0 unspecified atom stereocenters. The normalized spacial score (nSPS) is 10.8. The second kappa shape index (κ2) is 7.88. The van der Waals surface area contributed by atoms with E-state index in [0.29, 0.717) is 10.2 Å². The van der Waals surface area contributed by atoms with Crippen molar-refractivity contribution in [1.82, 2.24) is 14.8 Å². The van der Waals surface area contributed by atoms with Crippen molar-refractivity contribution in [3.8, 4) is 5.69 Å². The molecular formula is C18H16ClFN4OS. The lowest BCUT2D eigenvalue weighted by atomic mass is 10.2. The van der Waals surface area contributed by atoms with Gasteiger partial charge in [0.2, 0.25) is 5.91 Å². The third kappa shape index (κ3) is 4.23. The summed E-state index contributed by atoms with van der Waals surface area (Å²) in [5.41, 5.74) is 2.09.